The van der Waals surface area contributed by atoms with Crippen LogP contribution in [0.4, 0.5) is 4.39 Å². The Hall–Kier alpha value is -1.49. The zero-order valence-electron chi connectivity index (χ0n) is 13.3. The van der Waals surface area contributed by atoms with E-state index in [1.54, 1.807) is 0 Å². The van der Waals surface area contributed by atoms with Crippen molar-refractivity contribution in [3.63, 3.8) is 0 Å². The summed E-state index contributed by atoms with van der Waals surface area (Å²) in [7, 11) is 0. The molecule has 0 aromatic carbocycles. The molecule has 22 heavy (non-hydrogen) atoms. The second-order valence-electron chi connectivity index (χ2n) is 6.22. The van der Waals surface area contributed by atoms with Gasteiger partial charge in [0.1, 0.15) is 11.9 Å². The standard InChI is InChI=1S/C17H25FN2O2/c1-3-5-13(17(4-2)8-9-17)16(22)20-11-15(21)14-7-6-12(18)10-19-14/h6-7,10,13,15,21H,3-5,8-9,11H2,1-2H3,(H,20,22)/t13-,15+/m1/s1. The van der Waals surface area contributed by atoms with Crippen molar-refractivity contribution < 1.29 is 14.3 Å². The van der Waals surface area contributed by atoms with Gasteiger partial charge in [-0.1, -0.05) is 20.3 Å². The number of hydrogen-bond acceptors (Lipinski definition) is 3. The van der Waals surface area contributed by atoms with Crippen LogP contribution in [-0.2, 0) is 4.79 Å². The minimum atomic E-state index is -0.913. The van der Waals surface area contributed by atoms with Gasteiger partial charge in [0.25, 0.3) is 0 Å². The van der Waals surface area contributed by atoms with E-state index in [9.17, 15) is 14.3 Å². The Morgan fingerprint density at radius 1 is 1.45 bits per heavy atom. The molecule has 1 amide bonds. The molecule has 0 unspecified atom stereocenters. The molecule has 1 aliphatic rings. The van der Waals surface area contributed by atoms with Crippen molar-refractivity contribution in [1.29, 1.82) is 0 Å². The lowest BCUT2D eigenvalue weighted by Crippen LogP contribution is -2.38. The lowest BCUT2D eigenvalue weighted by Gasteiger charge is -2.25. The van der Waals surface area contributed by atoms with Crippen LogP contribution in [0.2, 0.25) is 0 Å². The van der Waals surface area contributed by atoms with Gasteiger partial charge in [0, 0.05) is 12.5 Å². The van der Waals surface area contributed by atoms with Crippen molar-refractivity contribution >= 4 is 5.91 Å². The minimum Gasteiger partial charge on any atom is -0.385 e. The summed E-state index contributed by atoms with van der Waals surface area (Å²) in [5.74, 6) is -0.403. The molecule has 1 aliphatic carbocycles. The first-order valence-corrected chi connectivity index (χ1v) is 8.09. The van der Waals surface area contributed by atoms with Crippen molar-refractivity contribution in [2.45, 2.75) is 52.1 Å². The van der Waals surface area contributed by atoms with Crippen LogP contribution in [0.5, 0.6) is 0 Å². The molecule has 1 saturated carbocycles. The van der Waals surface area contributed by atoms with Gasteiger partial charge < -0.3 is 10.4 Å². The van der Waals surface area contributed by atoms with Gasteiger partial charge in [-0.3, -0.25) is 9.78 Å². The van der Waals surface area contributed by atoms with Crippen LogP contribution in [0.1, 0.15) is 57.7 Å². The number of amides is 1. The number of nitrogens with one attached hydrogen (secondary N) is 1. The third kappa shape index (κ3) is 3.83. The van der Waals surface area contributed by atoms with E-state index in [1.807, 2.05) is 0 Å². The predicted molar refractivity (Wildman–Crippen MR) is 82.5 cm³/mol. The van der Waals surface area contributed by atoms with Crippen LogP contribution in [-0.4, -0.2) is 22.5 Å². The van der Waals surface area contributed by atoms with E-state index in [4.69, 9.17) is 0 Å². The van der Waals surface area contributed by atoms with E-state index < -0.39 is 11.9 Å². The number of carbonyl (C=O) groups is 1. The van der Waals surface area contributed by atoms with Gasteiger partial charge in [-0.05, 0) is 43.2 Å². The molecule has 0 spiro atoms. The average Bonchev–Trinajstić information content (AvgIpc) is 3.31. The van der Waals surface area contributed by atoms with Crippen LogP contribution < -0.4 is 5.32 Å². The maximum atomic E-state index is 12.8. The van der Waals surface area contributed by atoms with Gasteiger partial charge in [0.15, 0.2) is 0 Å². The highest BCUT2D eigenvalue weighted by Gasteiger charge is 2.49. The number of hydrogen-bond donors (Lipinski definition) is 2. The van der Waals surface area contributed by atoms with Gasteiger partial charge in [0.05, 0.1) is 11.9 Å². The van der Waals surface area contributed by atoms with Gasteiger partial charge in [-0.15, -0.1) is 0 Å². The van der Waals surface area contributed by atoms with Crippen LogP contribution in [0, 0.1) is 17.2 Å². The Morgan fingerprint density at radius 3 is 2.68 bits per heavy atom. The number of nitrogens with zero attached hydrogens (tertiary/aromatic N) is 1. The summed E-state index contributed by atoms with van der Waals surface area (Å²) in [6.45, 7) is 4.33. The molecule has 4 nitrogen and oxygen atoms in total. The molecule has 2 rings (SSSR count). The van der Waals surface area contributed by atoms with Gasteiger partial charge in [-0.2, -0.15) is 0 Å². The highest BCUT2D eigenvalue weighted by Crippen LogP contribution is 2.56. The number of pyridine rings is 1. The molecular formula is C17H25FN2O2. The van der Waals surface area contributed by atoms with E-state index in [-0.39, 0.29) is 23.8 Å². The van der Waals surface area contributed by atoms with Gasteiger partial charge in [0.2, 0.25) is 5.91 Å². The number of halogens is 1. The molecule has 0 saturated heterocycles. The van der Waals surface area contributed by atoms with Gasteiger partial charge in [-0.25, -0.2) is 4.39 Å². The largest absolute Gasteiger partial charge is 0.385 e. The van der Waals surface area contributed by atoms with Crippen LogP contribution >= 0.6 is 0 Å². The van der Waals surface area contributed by atoms with Crippen molar-refractivity contribution in [2.75, 3.05) is 6.54 Å². The topological polar surface area (TPSA) is 62.2 Å². The lowest BCUT2D eigenvalue weighted by atomic mass is 9.82. The first-order valence-electron chi connectivity index (χ1n) is 8.09. The summed E-state index contributed by atoms with van der Waals surface area (Å²) < 4.78 is 12.8. The predicted octanol–water partition coefficient (Wildman–Crippen LogP) is 2.98. The van der Waals surface area contributed by atoms with Crippen molar-refractivity contribution in [3.8, 4) is 0 Å². The number of aromatic nitrogens is 1. The third-order valence-electron chi connectivity index (χ3n) is 4.79. The molecule has 1 heterocycles. The summed E-state index contributed by atoms with van der Waals surface area (Å²) >= 11 is 0. The second kappa shape index (κ2) is 7.18. The normalized spacial score (nSPS) is 18.5. The summed E-state index contributed by atoms with van der Waals surface area (Å²) in [6, 6.07) is 2.69. The number of carbonyl (C=O) groups excluding carboxylic acids is 1. The number of aliphatic hydroxyl groups is 1. The molecule has 122 valence electrons. The summed E-state index contributed by atoms with van der Waals surface area (Å²) in [5.41, 5.74) is 0.532. The van der Waals surface area contributed by atoms with Crippen LogP contribution in [0.25, 0.3) is 0 Å². The van der Waals surface area contributed by atoms with E-state index in [0.717, 1.165) is 38.3 Å². The van der Waals surface area contributed by atoms with Crippen molar-refractivity contribution in [3.05, 3.63) is 29.8 Å². The Morgan fingerprint density at radius 2 is 2.18 bits per heavy atom. The van der Waals surface area contributed by atoms with Crippen LogP contribution in [0.15, 0.2) is 18.3 Å². The molecule has 2 atom stereocenters. The fourth-order valence-corrected chi connectivity index (χ4v) is 3.12. The van der Waals surface area contributed by atoms with Gasteiger partial charge >= 0.3 is 0 Å². The van der Waals surface area contributed by atoms with E-state index in [2.05, 4.69) is 24.1 Å². The summed E-state index contributed by atoms with van der Waals surface area (Å²) in [4.78, 5) is 16.3. The molecule has 5 heteroatoms. The van der Waals surface area contributed by atoms with E-state index in [0.29, 0.717) is 5.69 Å². The number of rotatable bonds is 8. The highest BCUT2D eigenvalue weighted by molar-refractivity contribution is 5.80. The first-order chi connectivity index (χ1) is 10.5. The SMILES string of the molecule is CCC[C@H](C(=O)NC[C@H](O)c1ccc(F)cn1)C1(CC)CC1. The maximum Gasteiger partial charge on any atom is 0.223 e. The Balaban J connectivity index is 1.91. The fraction of sp³-hybridized carbons (Fsp3) is 0.647. The highest BCUT2D eigenvalue weighted by atomic mass is 19.1. The molecule has 0 bridgehead atoms. The van der Waals surface area contributed by atoms with Crippen LogP contribution in [0.3, 0.4) is 0 Å². The Bertz CT molecular complexity index is 500. The van der Waals surface area contributed by atoms with Crippen molar-refractivity contribution in [1.82, 2.24) is 10.3 Å². The average molecular weight is 308 g/mol. The van der Waals surface area contributed by atoms with E-state index in [1.165, 1.54) is 12.1 Å². The van der Waals surface area contributed by atoms with Crippen molar-refractivity contribution in [2.24, 2.45) is 11.3 Å². The lowest BCUT2D eigenvalue weighted by molar-refractivity contribution is -0.128. The molecule has 0 radical (unpaired) electrons. The zero-order chi connectivity index (χ0) is 16.2. The molecule has 0 aliphatic heterocycles. The maximum absolute atomic E-state index is 12.8. The molecule has 1 aromatic rings. The summed E-state index contributed by atoms with van der Waals surface area (Å²) in [6.07, 6.45) is 5.26. The Kier molecular flexibility index (Phi) is 5.51. The zero-order valence-corrected chi connectivity index (χ0v) is 13.3. The Labute approximate surface area is 131 Å². The quantitative estimate of drug-likeness (QED) is 0.776. The van der Waals surface area contributed by atoms with E-state index >= 15 is 0 Å². The second-order valence-corrected chi connectivity index (χ2v) is 6.22. The fourth-order valence-electron chi connectivity index (χ4n) is 3.12. The first kappa shape index (κ1) is 16.9. The monoisotopic (exact) mass is 308 g/mol. The summed E-state index contributed by atoms with van der Waals surface area (Å²) in [5, 5.41) is 12.9. The smallest absolute Gasteiger partial charge is 0.223 e. The molecule has 1 fully saturated rings. The molecular weight excluding hydrogens is 283 g/mol. The third-order valence-corrected chi connectivity index (χ3v) is 4.79. The molecule has 2 N–H and O–H groups in total. The minimum absolute atomic E-state index is 0.0161. The number of aliphatic hydroxyl groups excluding tert-OH is 1. The molecule has 1 aromatic heterocycles.